The predicted molar refractivity (Wildman–Crippen MR) is 129 cm³/mol. The van der Waals surface area contributed by atoms with E-state index in [9.17, 15) is 9.59 Å². The van der Waals surface area contributed by atoms with Crippen molar-refractivity contribution in [2.75, 3.05) is 0 Å². The van der Waals surface area contributed by atoms with E-state index in [2.05, 4.69) is 5.32 Å². The number of hydrogen-bond acceptors (Lipinski definition) is 2. The van der Waals surface area contributed by atoms with Crippen LogP contribution in [0.4, 0.5) is 0 Å². The third-order valence-electron chi connectivity index (χ3n) is 4.58. The van der Waals surface area contributed by atoms with Crippen molar-refractivity contribution >= 4 is 58.2 Å². The van der Waals surface area contributed by atoms with Crippen molar-refractivity contribution in [3.8, 4) is 0 Å². The van der Waals surface area contributed by atoms with Crippen molar-refractivity contribution in [1.29, 1.82) is 0 Å². The van der Waals surface area contributed by atoms with Crippen LogP contribution in [0, 0.1) is 0 Å². The Morgan fingerprint density at radius 3 is 2.19 bits per heavy atom. The number of rotatable bonds is 7. The fourth-order valence-electron chi connectivity index (χ4n) is 3.13. The lowest BCUT2D eigenvalue weighted by atomic mass is 10.0. The van der Waals surface area contributed by atoms with Gasteiger partial charge in [0.15, 0.2) is 0 Å². The molecule has 2 aromatic carbocycles. The van der Waals surface area contributed by atoms with Crippen molar-refractivity contribution in [3.63, 3.8) is 0 Å². The van der Waals surface area contributed by atoms with E-state index in [1.54, 1.807) is 41.3 Å². The van der Waals surface area contributed by atoms with Crippen LogP contribution in [0.5, 0.6) is 0 Å². The van der Waals surface area contributed by atoms with Crippen LogP contribution in [0.3, 0.4) is 0 Å². The molecule has 0 saturated heterocycles. The van der Waals surface area contributed by atoms with Gasteiger partial charge in [0.05, 0.1) is 16.5 Å². The van der Waals surface area contributed by atoms with E-state index < -0.39 is 11.6 Å². The first-order chi connectivity index (χ1) is 14.4. The minimum atomic E-state index is -0.666. The van der Waals surface area contributed by atoms with Gasteiger partial charge in [0.25, 0.3) is 0 Å². The van der Waals surface area contributed by atoms with Gasteiger partial charge in [0.2, 0.25) is 11.8 Å². The van der Waals surface area contributed by atoms with Gasteiger partial charge in [-0.2, -0.15) is 0 Å². The molecule has 2 aromatic rings. The highest BCUT2D eigenvalue weighted by Gasteiger charge is 2.31. The van der Waals surface area contributed by atoms with E-state index in [1.807, 2.05) is 27.7 Å². The normalized spacial score (nSPS) is 12.4. The first-order valence-corrected chi connectivity index (χ1v) is 11.4. The minimum absolute atomic E-state index is 0.0708. The monoisotopic (exact) mass is 502 g/mol. The van der Waals surface area contributed by atoms with Crippen LogP contribution >= 0.6 is 46.4 Å². The molecule has 0 radical (unpaired) electrons. The molecule has 1 unspecified atom stereocenters. The van der Waals surface area contributed by atoms with Crippen LogP contribution in [0.25, 0.3) is 0 Å². The number of halogens is 4. The van der Waals surface area contributed by atoms with Crippen molar-refractivity contribution in [3.05, 3.63) is 67.6 Å². The minimum Gasteiger partial charge on any atom is -0.350 e. The fraction of sp³-hybridized carbons (Fsp3) is 0.391. The molecule has 1 atom stereocenters. The molecule has 168 valence electrons. The number of carbonyl (C=O) groups is 2. The van der Waals surface area contributed by atoms with Gasteiger partial charge in [-0.05, 0) is 62.6 Å². The summed E-state index contributed by atoms with van der Waals surface area (Å²) in [5.74, 6) is -0.442. The van der Waals surface area contributed by atoms with Crippen LogP contribution in [-0.2, 0) is 22.6 Å². The van der Waals surface area contributed by atoms with E-state index in [1.165, 1.54) is 0 Å². The van der Waals surface area contributed by atoms with Gasteiger partial charge in [-0.3, -0.25) is 9.59 Å². The van der Waals surface area contributed by atoms with Gasteiger partial charge < -0.3 is 10.2 Å². The summed E-state index contributed by atoms with van der Waals surface area (Å²) in [4.78, 5) is 27.9. The topological polar surface area (TPSA) is 49.4 Å². The molecule has 0 fully saturated rings. The molecule has 0 spiro atoms. The van der Waals surface area contributed by atoms with Crippen LogP contribution in [-0.4, -0.2) is 28.3 Å². The molecule has 0 bridgehead atoms. The molecule has 0 aliphatic heterocycles. The molecule has 0 aromatic heterocycles. The average molecular weight is 504 g/mol. The van der Waals surface area contributed by atoms with E-state index >= 15 is 0 Å². The maximum atomic E-state index is 13.4. The second kappa shape index (κ2) is 10.9. The Bertz CT molecular complexity index is 957. The Labute approximate surface area is 203 Å². The zero-order valence-corrected chi connectivity index (χ0v) is 21.0. The van der Waals surface area contributed by atoms with Gasteiger partial charge in [0.1, 0.15) is 6.04 Å². The van der Waals surface area contributed by atoms with Gasteiger partial charge in [-0.15, -0.1) is 0 Å². The Morgan fingerprint density at radius 1 is 0.968 bits per heavy atom. The summed E-state index contributed by atoms with van der Waals surface area (Å²) >= 11 is 24.5. The molecule has 0 heterocycles. The zero-order valence-electron chi connectivity index (χ0n) is 17.9. The molecular weight excluding hydrogens is 478 g/mol. The van der Waals surface area contributed by atoms with Gasteiger partial charge in [-0.25, -0.2) is 0 Å². The van der Waals surface area contributed by atoms with Crippen LogP contribution in [0.15, 0.2) is 36.4 Å². The molecular formula is C23H26Cl4N2O2. The smallest absolute Gasteiger partial charge is 0.243 e. The summed E-state index contributed by atoms with van der Waals surface area (Å²) in [5, 5.41) is 4.69. The number of hydrogen-bond donors (Lipinski definition) is 1. The van der Waals surface area contributed by atoms with Crippen molar-refractivity contribution in [2.45, 2.75) is 58.7 Å². The summed E-state index contributed by atoms with van der Waals surface area (Å²) in [7, 11) is 0. The highest BCUT2D eigenvalue weighted by atomic mass is 35.5. The van der Waals surface area contributed by atoms with Gasteiger partial charge in [0, 0.05) is 22.1 Å². The maximum Gasteiger partial charge on any atom is 0.243 e. The number of benzene rings is 2. The third-order valence-corrected chi connectivity index (χ3v) is 5.91. The number of carbonyl (C=O) groups excluding carboxylic acids is 2. The Morgan fingerprint density at radius 2 is 1.65 bits per heavy atom. The fourth-order valence-corrected chi connectivity index (χ4v) is 3.92. The lowest BCUT2D eigenvalue weighted by Gasteiger charge is -2.33. The van der Waals surface area contributed by atoms with E-state index in [0.29, 0.717) is 37.6 Å². The SMILES string of the molecule is CCC(C(=O)NC(C)(C)C)N(Cc1ccc(Cl)cc1Cl)C(=O)Cc1ccc(Cl)c(Cl)c1. The number of nitrogens with zero attached hydrogens (tertiary/aromatic N) is 1. The Kier molecular flexibility index (Phi) is 9.08. The highest BCUT2D eigenvalue weighted by molar-refractivity contribution is 6.42. The van der Waals surface area contributed by atoms with E-state index in [4.69, 9.17) is 46.4 Å². The average Bonchev–Trinajstić information content (AvgIpc) is 2.64. The molecule has 0 aliphatic carbocycles. The Hall–Kier alpha value is -1.46. The third kappa shape index (κ3) is 7.57. The van der Waals surface area contributed by atoms with E-state index in [0.717, 1.165) is 0 Å². The first kappa shape index (κ1) is 25.8. The van der Waals surface area contributed by atoms with Gasteiger partial charge >= 0.3 is 0 Å². The highest BCUT2D eigenvalue weighted by Crippen LogP contribution is 2.26. The van der Waals surface area contributed by atoms with Crippen molar-refractivity contribution in [1.82, 2.24) is 10.2 Å². The summed E-state index contributed by atoms with van der Waals surface area (Å²) in [6, 6.07) is 9.48. The molecule has 2 amide bonds. The van der Waals surface area contributed by atoms with Crippen LogP contribution < -0.4 is 5.32 Å². The molecule has 0 aliphatic rings. The summed E-state index contributed by atoms with van der Waals surface area (Å²) in [6.07, 6.45) is 0.516. The van der Waals surface area contributed by atoms with Gasteiger partial charge in [-0.1, -0.05) is 65.5 Å². The predicted octanol–water partition coefficient (Wildman–Crippen LogP) is 6.56. The molecule has 4 nitrogen and oxygen atoms in total. The van der Waals surface area contributed by atoms with Crippen molar-refractivity contribution < 1.29 is 9.59 Å². The first-order valence-electron chi connectivity index (χ1n) is 9.90. The Balaban J connectivity index is 2.38. The maximum absolute atomic E-state index is 13.4. The summed E-state index contributed by atoms with van der Waals surface area (Å²) in [6.45, 7) is 7.74. The lowest BCUT2D eigenvalue weighted by molar-refractivity contribution is -0.141. The molecule has 1 N–H and O–H groups in total. The van der Waals surface area contributed by atoms with Crippen molar-refractivity contribution in [2.24, 2.45) is 0 Å². The molecule has 2 rings (SSSR count). The second-order valence-electron chi connectivity index (χ2n) is 8.35. The van der Waals surface area contributed by atoms with Crippen LogP contribution in [0.2, 0.25) is 20.1 Å². The number of nitrogens with one attached hydrogen (secondary N) is 1. The summed E-state index contributed by atoms with van der Waals surface area (Å²) in [5.41, 5.74) is 0.981. The van der Waals surface area contributed by atoms with E-state index in [-0.39, 0.29) is 24.8 Å². The quantitative estimate of drug-likeness (QED) is 0.464. The molecule has 0 saturated carbocycles. The second-order valence-corrected chi connectivity index (χ2v) is 10.0. The lowest BCUT2D eigenvalue weighted by Crippen LogP contribution is -2.53. The van der Waals surface area contributed by atoms with Crippen LogP contribution in [0.1, 0.15) is 45.2 Å². The standard InChI is InChI=1S/C23H26Cl4N2O2/c1-5-20(22(31)28-23(2,3)4)29(13-15-7-8-16(24)12-18(15)26)21(30)11-14-6-9-17(25)19(27)10-14/h6-10,12,20H,5,11,13H2,1-4H3,(H,28,31). The number of amides is 2. The summed E-state index contributed by atoms with van der Waals surface area (Å²) < 4.78 is 0. The zero-order chi connectivity index (χ0) is 23.3. The molecule has 31 heavy (non-hydrogen) atoms. The largest absolute Gasteiger partial charge is 0.350 e. The molecule has 8 heteroatoms.